The number of hydrazine groups is 1. The standard InChI is InChI=1S/C14H23FN2/c1-10-9-11(5-6-12(10)15)13(17-16)7-8-14(2,3)4/h5-6,9,13,17H,7-8,16H2,1-4H3. The van der Waals surface area contributed by atoms with Gasteiger partial charge in [0, 0.05) is 6.04 Å². The zero-order valence-electron chi connectivity index (χ0n) is 11.2. The van der Waals surface area contributed by atoms with Gasteiger partial charge in [0.05, 0.1) is 0 Å². The van der Waals surface area contributed by atoms with E-state index >= 15 is 0 Å². The molecule has 0 saturated heterocycles. The maximum Gasteiger partial charge on any atom is 0.126 e. The van der Waals surface area contributed by atoms with Crippen molar-refractivity contribution < 1.29 is 4.39 Å². The average Bonchev–Trinajstić information content (AvgIpc) is 2.22. The van der Waals surface area contributed by atoms with Crippen molar-refractivity contribution in [1.82, 2.24) is 5.43 Å². The summed E-state index contributed by atoms with van der Waals surface area (Å²) in [5.41, 5.74) is 4.81. The largest absolute Gasteiger partial charge is 0.271 e. The van der Waals surface area contributed by atoms with E-state index in [2.05, 4.69) is 26.2 Å². The topological polar surface area (TPSA) is 38.0 Å². The van der Waals surface area contributed by atoms with E-state index in [1.54, 1.807) is 13.0 Å². The van der Waals surface area contributed by atoms with Crippen molar-refractivity contribution in [2.45, 2.75) is 46.6 Å². The molecule has 0 radical (unpaired) electrons. The lowest BCUT2D eigenvalue weighted by Gasteiger charge is -2.23. The third-order valence-electron chi connectivity index (χ3n) is 2.97. The van der Waals surface area contributed by atoms with Gasteiger partial charge in [0.1, 0.15) is 5.82 Å². The highest BCUT2D eigenvalue weighted by Crippen LogP contribution is 2.27. The number of hydrogen-bond acceptors (Lipinski definition) is 2. The van der Waals surface area contributed by atoms with Crippen LogP contribution in [0.1, 0.15) is 50.8 Å². The number of nitrogens with two attached hydrogens (primary N) is 1. The molecular weight excluding hydrogens is 215 g/mol. The van der Waals surface area contributed by atoms with Crippen LogP contribution in [0.15, 0.2) is 18.2 Å². The van der Waals surface area contributed by atoms with Gasteiger partial charge in [0.2, 0.25) is 0 Å². The average molecular weight is 238 g/mol. The number of aryl methyl sites for hydroxylation is 1. The van der Waals surface area contributed by atoms with Crippen LogP contribution in [0.2, 0.25) is 0 Å². The Morgan fingerprint density at radius 2 is 2.00 bits per heavy atom. The second-order valence-electron chi connectivity index (χ2n) is 5.83. The highest BCUT2D eigenvalue weighted by molar-refractivity contribution is 5.26. The van der Waals surface area contributed by atoms with Crippen LogP contribution in [-0.2, 0) is 0 Å². The monoisotopic (exact) mass is 238 g/mol. The molecule has 0 aromatic heterocycles. The van der Waals surface area contributed by atoms with E-state index < -0.39 is 0 Å². The maximum absolute atomic E-state index is 13.2. The Labute approximate surface area is 103 Å². The number of rotatable bonds is 4. The van der Waals surface area contributed by atoms with E-state index in [0.717, 1.165) is 18.4 Å². The summed E-state index contributed by atoms with van der Waals surface area (Å²) in [6.45, 7) is 8.39. The van der Waals surface area contributed by atoms with E-state index in [1.165, 1.54) is 6.07 Å². The second kappa shape index (κ2) is 5.61. The van der Waals surface area contributed by atoms with Crippen molar-refractivity contribution in [3.05, 3.63) is 35.1 Å². The smallest absolute Gasteiger partial charge is 0.126 e. The molecule has 0 aliphatic rings. The maximum atomic E-state index is 13.2. The Morgan fingerprint density at radius 1 is 1.35 bits per heavy atom. The zero-order valence-corrected chi connectivity index (χ0v) is 11.2. The van der Waals surface area contributed by atoms with Crippen molar-refractivity contribution in [2.24, 2.45) is 11.3 Å². The van der Waals surface area contributed by atoms with Gasteiger partial charge in [-0.3, -0.25) is 11.3 Å². The van der Waals surface area contributed by atoms with Crippen LogP contribution in [0.3, 0.4) is 0 Å². The summed E-state index contributed by atoms with van der Waals surface area (Å²) in [6, 6.07) is 5.26. The molecule has 3 heteroatoms. The Hall–Kier alpha value is -0.930. The lowest BCUT2D eigenvalue weighted by molar-refractivity contribution is 0.333. The van der Waals surface area contributed by atoms with Gasteiger partial charge in [-0.2, -0.15) is 0 Å². The van der Waals surface area contributed by atoms with Crippen LogP contribution in [0, 0.1) is 18.2 Å². The molecule has 1 aromatic carbocycles. The number of benzene rings is 1. The van der Waals surface area contributed by atoms with Crippen molar-refractivity contribution in [3.63, 3.8) is 0 Å². The quantitative estimate of drug-likeness (QED) is 0.622. The summed E-state index contributed by atoms with van der Waals surface area (Å²) < 4.78 is 13.2. The molecule has 0 aliphatic heterocycles. The molecule has 0 bridgehead atoms. The molecule has 0 amide bonds. The molecule has 1 aromatic rings. The molecule has 96 valence electrons. The third kappa shape index (κ3) is 4.44. The van der Waals surface area contributed by atoms with Gasteiger partial charge >= 0.3 is 0 Å². The molecule has 17 heavy (non-hydrogen) atoms. The molecule has 0 fully saturated rings. The van der Waals surface area contributed by atoms with Crippen LogP contribution < -0.4 is 11.3 Å². The Balaban J connectivity index is 2.76. The molecular formula is C14H23FN2. The van der Waals surface area contributed by atoms with Gasteiger partial charge in [-0.15, -0.1) is 0 Å². The van der Waals surface area contributed by atoms with Gasteiger partial charge in [-0.05, 0) is 42.4 Å². The van der Waals surface area contributed by atoms with Gasteiger partial charge in [-0.25, -0.2) is 4.39 Å². The van der Waals surface area contributed by atoms with E-state index in [-0.39, 0.29) is 17.3 Å². The number of halogens is 1. The molecule has 0 heterocycles. The second-order valence-corrected chi connectivity index (χ2v) is 5.83. The molecule has 0 aliphatic carbocycles. The summed E-state index contributed by atoms with van der Waals surface area (Å²) in [5.74, 6) is 5.41. The van der Waals surface area contributed by atoms with Gasteiger partial charge < -0.3 is 0 Å². The first-order valence-electron chi connectivity index (χ1n) is 6.05. The minimum atomic E-state index is -0.166. The minimum absolute atomic E-state index is 0.0912. The molecule has 3 N–H and O–H groups in total. The van der Waals surface area contributed by atoms with Crippen LogP contribution in [-0.4, -0.2) is 0 Å². The van der Waals surface area contributed by atoms with Gasteiger partial charge in [0.25, 0.3) is 0 Å². The fourth-order valence-electron chi connectivity index (χ4n) is 1.81. The van der Waals surface area contributed by atoms with Crippen molar-refractivity contribution in [2.75, 3.05) is 0 Å². The first kappa shape index (κ1) is 14.1. The van der Waals surface area contributed by atoms with Crippen LogP contribution in [0.25, 0.3) is 0 Å². The van der Waals surface area contributed by atoms with E-state index in [4.69, 9.17) is 5.84 Å². The predicted molar refractivity (Wildman–Crippen MR) is 69.9 cm³/mol. The third-order valence-corrected chi connectivity index (χ3v) is 2.97. The van der Waals surface area contributed by atoms with Crippen LogP contribution in [0.4, 0.5) is 4.39 Å². The van der Waals surface area contributed by atoms with Crippen LogP contribution in [0.5, 0.6) is 0 Å². The predicted octanol–water partition coefficient (Wildman–Crippen LogP) is 3.46. The highest BCUT2D eigenvalue weighted by Gasteiger charge is 2.16. The molecule has 0 saturated carbocycles. The van der Waals surface area contributed by atoms with E-state index in [1.807, 2.05) is 6.07 Å². The number of nitrogens with one attached hydrogen (secondary N) is 1. The Bertz CT molecular complexity index is 369. The first-order chi connectivity index (χ1) is 7.83. The van der Waals surface area contributed by atoms with Gasteiger partial charge in [-0.1, -0.05) is 32.9 Å². The first-order valence-corrected chi connectivity index (χ1v) is 6.05. The Morgan fingerprint density at radius 3 is 2.47 bits per heavy atom. The lowest BCUT2D eigenvalue weighted by Crippen LogP contribution is -2.29. The normalized spacial score (nSPS) is 13.8. The summed E-state index contributed by atoms with van der Waals surface area (Å²) >= 11 is 0. The van der Waals surface area contributed by atoms with Crippen molar-refractivity contribution in [3.8, 4) is 0 Å². The lowest BCUT2D eigenvalue weighted by atomic mass is 9.87. The highest BCUT2D eigenvalue weighted by atomic mass is 19.1. The van der Waals surface area contributed by atoms with E-state index in [0.29, 0.717) is 5.56 Å². The number of hydrogen-bond donors (Lipinski definition) is 2. The molecule has 1 unspecified atom stereocenters. The van der Waals surface area contributed by atoms with Crippen molar-refractivity contribution >= 4 is 0 Å². The van der Waals surface area contributed by atoms with Gasteiger partial charge in [0.15, 0.2) is 0 Å². The summed E-state index contributed by atoms with van der Waals surface area (Å²) in [4.78, 5) is 0. The van der Waals surface area contributed by atoms with Crippen LogP contribution >= 0.6 is 0 Å². The van der Waals surface area contributed by atoms with Crippen molar-refractivity contribution in [1.29, 1.82) is 0 Å². The summed E-state index contributed by atoms with van der Waals surface area (Å²) in [7, 11) is 0. The van der Waals surface area contributed by atoms with E-state index in [9.17, 15) is 4.39 Å². The summed E-state index contributed by atoms with van der Waals surface area (Å²) in [6.07, 6.45) is 2.02. The minimum Gasteiger partial charge on any atom is -0.271 e. The molecule has 2 nitrogen and oxygen atoms in total. The SMILES string of the molecule is Cc1cc(C(CCC(C)(C)C)NN)ccc1F. The molecule has 1 atom stereocenters. The Kier molecular flexibility index (Phi) is 4.66. The summed E-state index contributed by atoms with van der Waals surface area (Å²) in [5, 5.41) is 0. The fourth-order valence-corrected chi connectivity index (χ4v) is 1.81. The zero-order chi connectivity index (χ0) is 13.1. The fraction of sp³-hybridized carbons (Fsp3) is 0.571. The molecule has 1 rings (SSSR count). The molecule has 0 spiro atoms.